The van der Waals surface area contributed by atoms with Crippen LogP contribution in [-0.2, 0) is 11.3 Å². The van der Waals surface area contributed by atoms with Crippen LogP contribution < -0.4 is 5.32 Å². The fourth-order valence-electron chi connectivity index (χ4n) is 2.06. The summed E-state index contributed by atoms with van der Waals surface area (Å²) in [5.41, 5.74) is 0.691. The van der Waals surface area contributed by atoms with Gasteiger partial charge in [0.05, 0.1) is 22.9 Å². The molecule has 0 bridgehead atoms. The van der Waals surface area contributed by atoms with Crippen LogP contribution in [0.25, 0.3) is 5.69 Å². The second-order valence-corrected chi connectivity index (χ2v) is 7.39. The van der Waals surface area contributed by atoms with E-state index >= 15 is 0 Å². The SMILES string of the molecule is CC(=O)NCc1ccc(C(=O)CSc2nnnn2-c2ccc(O)cc2)s1. The Labute approximate surface area is 157 Å². The van der Waals surface area contributed by atoms with Gasteiger partial charge in [0.15, 0.2) is 5.78 Å². The first kappa shape index (κ1) is 18.1. The number of Topliss-reactive ketones (excluding diaryl/α,β-unsaturated/α-hetero) is 1. The van der Waals surface area contributed by atoms with Crippen LogP contribution in [0.4, 0.5) is 0 Å². The van der Waals surface area contributed by atoms with Crippen LogP contribution in [0, 0.1) is 0 Å². The van der Waals surface area contributed by atoms with Gasteiger partial charge < -0.3 is 10.4 Å². The normalized spacial score (nSPS) is 10.7. The molecule has 134 valence electrons. The Balaban J connectivity index is 1.63. The summed E-state index contributed by atoms with van der Waals surface area (Å²) in [5.74, 6) is 0.203. The Bertz CT molecular complexity index is 920. The van der Waals surface area contributed by atoms with Crippen molar-refractivity contribution in [2.45, 2.75) is 18.6 Å². The van der Waals surface area contributed by atoms with Crippen molar-refractivity contribution in [3.05, 3.63) is 46.2 Å². The van der Waals surface area contributed by atoms with Crippen molar-refractivity contribution in [2.24, 2.45) is 0 Å². The second-order valence-electron chi connectivity index (χ2n) is 5.28. The molecule has 10 heteroatoms. The average molecular weight is 389 g/mol. The third-order valence-corrected chi connectivity index (χ3v) is 5.36. The van der Waals surface area contributed by atoms with E-state index in [0.29, 0.717) is 22.3 Å². The van der Waals surface area contributed by atoms with Crippen molar-refractivity contribution in [1.82, 2.24) is 25.5 Å². The van der Waals surface area contributed by atoms with Gasteiger partial charge in [0.25, 0.3) is 0 Å². The third-order valence-electron chi connectivity index (χ3n) is 3.32. The van der Waals surface area contributed by atoms with Crippen molar-refractivity contribution >= 4 is 34.8 Å². The molecule has 0 aliphatic rings. The molecule has 2 N–H and O–H groups in total. The van der Waals surface area contributed by atoms with E-state index < -0.39 is 0 Å². The lowest BCUT2D eigenvalue weighted by Gasteiger charge is -2.03. The molecule has 3 rings (SSSR count). The highest BCUT2D eigenvalue weighted by atomic mass is 32.2. The lowest BCUT2D eigenvalue weighted by Crippen LogP contribution is -2.18. The summed E-state index contributed by atoms with van der Waals surface area (Å²) in [6.45, 7) is 1.87. The highest BCUT2D eigenvalue weighted by molar-refractivity contribution is 7.99. The first-order valence-corrected chi connectivity index (χ1v) is 9.40. The van der Waals surface area contributed by atoms with Gasteiger partial charge >= 0.3 is 0 Å². The first-order chi connectivity index (χ1) is 12.5. The molecule has 0 atom stereocenters. The molecule has 1 amide bonds. The summed E-state index contributed by atoms with van der Waals surface area (Å²) < 4.78 is 1.51. The van der Waals surface area contributed by atoms with Crippen LogP contribution in [0.2, 0.25) is 0 Å². The fourth-order valence-corrected chi connectivity index (χ4v) is 3.81. The van der Waals surface area contributed by atoms with Crippen LogP contribution >= 0.6 is 23.1 Å². The predicted molar refractivity (Wildman–Crippen MR) is 97.7 cm³/mol. The van der Waals surface area contributed by atoms with Crippen molar-refractivity contribution in [3.63, 3.8) is 0 Å². The lowest BCUT2D eigenvalue weighted by atomic mass is 10.3. The maximum atomic E-state index is 12.4. The van der Waals surface area contributed by atoms with Gasteiger partial charge in [0, 0.05) is 11.8 Å². The zero-order valence-electron chi connectivity index (χ0n) is 13.7. The maximum absolute atomic E-state index is 12.4. The zero-order valence-corrected chi connectivity index (χ0v) is 15.4. The molecule has 0 radical (unpaired) electrons. The number of tetrazole rings is 1. The molecule has 0 saturated carbocycles. The van der Waals surface area contributed by atoms with Gasteiger partial charge in [-0.2, -0.15) is 4.68 Å². The summed E-state index contributed by atoms with van der Waals surface area (Å²) in [4.78, 5) is 24.9. The molecule has 0 saturated heterocycles. The highest BCUT2D eigenvalue weighted by Gasteiger charge is 2.14. The van der Waals surface area contributed by atoms with Gasteiger partial charge in [-0.25, -0.2) is 0 Å². The highest BCUT2D eigenvalue weighted by Crippen LogP contribution is 2.23. The Morgan fingerprint density at radius 2 is 2.00 bits per heavy atom. The number of thiophene rings is 1. The van der Waals surface area contributed by atoms with Gasteiger partial charge in [-0.15, -0.1) is 16.4 Å². The summed E-state index contributed by atoms with van der Waals surface area (Å²) in [5, 5.41) is 24.1. The molecule has 0 spiro atoms. The van der Waals surface area contributed by atoms with Gasteiger partial charge in [-0.05, 0) is 46.8 Å². The Kier molecular flexibility index (Phi) is 5.64. The number of carbonyl (C=O) groups excluding carboxylic acids is 2. The summed E-state index contributed by atoms with van der Waals surface area (Å²) in [6, 6.07) is 10.0. The molecular formula is C16H15N5O3S2. The minimum absolute atomic E-state index is 0.0330. The molecular weight excluding hydrogens is 374 g/mol. The van der Waals surface area contributed by atoms with Gasteiger partial charge in [-0.1, -0.05) is 11.8 Å². The number of benzene rings is 1. The minimum Gasteiger partial charge on any atom is -0.508 e. The summed E-state index contributed by atoms with van der Waals surface area (Å²) in [6.07, 6.45) is 0. The van der Waals surface area contributed by atoms with Gasteiger partial charge in [0.2, 0.25) is 11.1 Å². The standard InChI is InChI=1S/C16H15N5O3S2/c1-10(22)17-8-13-6-7-15(26-13)14(24)9-25-16-18-19-20-21(16)11-2-4-12(23)5-3-11/h2-7,23H,8-9H2,1H3,(H,17,22). The quantitative estimate of drug-likeness (QED) is 0.470. The molecule has 1 aromatic carbocycles. The van der Waals surface area contributed by atoms with Crippen LogP contribution in [0.1, 0.15) is 21.5 Å². The fraction of sp³-hybridized carbons (Fsp3) is 0.188. The second kappa shape index (κ2) is 8.11. The van der Waals surface area contributed by atoms with Crippen molar-refractivity contribution < 1.29 is 14.7 Å². The van der Waals surface area contributed by atoms with E-state index in [4.69, 9.17) is 0 Å². The molecule has 3 aromatic rings. The Morgan fingerprint density at radius 1 is 1.23 bits per heavy atom. The smallest absolute Gasteiger partial charge is 0.217 e. The molecule has 0 unspecified atom stereocenters. The van der Waals surface area contributed by atoms with Crippen LogP contribution in [0.15, 0.2) is 41.6 Å². The number of carbonyl (C=O) groups is 2. The summed E-state index contributed by atoms with van der Waals surface area (Å²) in [7, 11) is 0. The number of nitrogens with one attached hydrogen (secondary N) is 1. The molecule has 2 heterocycles. The number of amides is 1. The number of phenolic OH excluding ortho intramolecular Hbond substituents is 1. The van der Waals surface area contributed by atoms with Crippen molar-refractivity contribution in [1.29, 1.82) is 0 Å². The Morgan fingerprint density at radius 3 is 2.73 bits per heavy atom. The minimum atomic E-state index is -0.108. The number of hydrogen-bond acceptors (Lipinski definition) is 8. The van der Waals surface area contributed by atoms with E-state index in [2.05, 4.69) is 20.8 Å². The molecule has 0 fully saturated rings. The van der Waals surface area contributed by atoms with E-state index in [1.54, 1.807) is 30.3 Å². The topological polar surface area (TPSA) is 110 Å². The molecule has 8 nitrogen and oxygen atoms in total. The van der Waals surface area contributed by atoms with Crippen LogP contribution in [0.5, 0.6) is 5.75 Å². The Hall–Kier alpha value is -2.72. The molecule has 2 aromatic heterocycles. The summed E-state index contributed by atoms with van der Waals surface area (Å²) >= 11 is 2.59. The first-order valence-electron chi connectivity index (χ1n) is 7.60. The number of ketones is 1. The molecule has 26 heavy (non-hydrogen) atoms. The number of phenols is 1. The van der Waals surface area contributed by atoms with Gasteiger partial charge in [0.1, 0.15) is 5.75 Å². The number of nitrogens with zero attached hydrogens (tertiary/aromatic N) is 4. The number of thioether (sulfide) groups is 1. The van der Waals surface area contributed by atoms with Crippen molar-refractivity contribution in [2.75, 3.05) is 5.75 Å². The van der Waals surface area contributed by atoms with Crippen molar-refractivity contribution in [3.8, 4) is 11.4 Å². The average Bonchev–Trinajstić information content (AvgIpc) is 3.28. The number of aromatic hydroxyl groups is 1. The number of hydrogen-bond donors (Lipinski definition) is 2. The number of rotatable bonds is 7. The van der Waals surface area contributed by atoms with Crippen LogP contribution in [0.3, 0.4) is 0 Å². The van der Waals surface area contributed by atoms with Gasteiger partial charge in [-0.3, -0.25) is 9.59 Å². The molecule has 0 aliphatic carbocycles. The van der Waals surface area contributed by atoms with Crippen LogP contribution in [-0.4, -0.2) is 42.8 Å². The van der Waals surface area contributed by atoms with E-state index in [1.807, 2.05) is 6.07 Å². The van der Waals surface area contributed by atoms with E-state index in [0.717, 1.165) is 4.88 Å². The maximum Gasteiger partial charge on any atom is 0.217 e. The van der Waals surface area contributed by atoms with E-state index in [1.165, 1.54) is 34.7 Å². The third kappa shape index (κ3) is 4.46. The number of aromatic nitrogens is 4. The lowest BCUT2D eigenvalue weighted by molar-refractivity contribution is -0.119. The zero-order chi connectivity index (χ0) is 18.5. The monoisotopic (exact) mass is 389 g/mol. The molecule has 0 aliphatic heterocycles. The van der Waals surface area contributed by atoms with E-state index in [9.17, 15) is 14.7 Å². The largest absolute Gasteiger partial charge is 0.508 e. The van der Waals surface area contributed by atoms with E-state index in [-0.39, 0.29) is 23.2 Å². The predicted octanol–water partition coefficient (Wildman–Crippen LogP) is 2.04.